The Balaban J connectivity index is 0.000000160. The van der Waals surface area contributed by atoms with Gasteiger partial charge in [-0.05, 0) is 105 Å². The first-order chi connectivity index (χ1) is 33.0. The van der Waals surface area contributed by atoms with Gasteiger partial charge in [-0.1, -0.05) is 36.4 Å². The molecule has 362 valence electrons. The van der Waals surface area contributed by atoms with Gasteiger partial charge in [0.2, 0.25) is 5.28 Å². The summed E-state index contributed by atoms with van der Waals surface area (Å²) in [7, 11) is -4.39. The van der Waals surface area contributed by atoms with E-state index < -0.39 is 32.8 Å². The number of rotatable bonds is 10. The number of aromatic nitrogens is 6. The fourth-order valence-electron chi connectivity index (χ4n) is 6.50. The van der Waals surface area contributed by atoms with Crippen molar-refractivity contribution in [2.75, 3.05) is 37.4 Å². The molecule has 18 nitrogen and oxygen atoms in total. The molecule has 4 aromatic carbocycles. The van der Waals surface area contributed by atoms with E-state index >= 15 is 0 Å². The van der Waals surface area contributed by atoms with E-state index in [9.17, 15) is 26.4 Å². The molecule has 1 fully saturated rings. The maximum Gasteiger partial charge on any atom is 0.494 e. The number of benzene rings is 4. The monoisotopic (exact) mass is 1040 g/mol. The Bertz CT molecular complexity index is 3470. The number of methoxy groups -OCH3 is 2. The average Bonchev–Trinajstić information content (AvgIpc) is 4.06. The number of thiazole rings is 2. The van der Waals surface area contributed by atoms with E-state index in [1.165, 1.54) is 61.2 Å². The number of nitrogens with zero attached hydrogens (tertiary/aromatic N) is 6. The van der Waals surface area contributed by atoms with Gasteiger partial charge in [-0.15, -0.1) is 22.7 Å². The maximum absolute atomic E-state index is 11.9. The van der Waals surface area contributed by atoms with Gasteiger partial charge in [-0.2, -0.15) is 4.98 Å². The molecule has 1 aliphatic rings. The van der Waals surface area contributed by atoms with Crippen LogP contribution in [0.5, 0.6) is 0 Å². The van der Waals surface area contributed by atoms with E-state index in [1.54, 1.807) is 77.8 Å². The minimum atomic E-state index is -3.35. The number of anilines is 4. The molecule has 0 radical (unpaired) electrons. The predicted molar refractivity (Wildman–Crippen MR) is 271 cm³/mol. The van der Waals surface area contributed by atoms with Crippen molar-refractivity contribution in [2.45, 2.75) is 48.7 Å². The Kier molecular flexibility index (Phi) is 15.3. The second-order valence-electron chi connectivity index (χ2n) is 16.4. The first kappa shape index (κ1) is 51.4. The van der Waals surface area contributed by atoms with Crippen LogP contribution in [-0.4, -0.2) is 104 Å². The van der Waals surface area contributed by atoms with Gasteiger partial charge < -0.3 is 29.4 Å². The van der Waals surface area contributed by atoms with Crippen LogP contribution in [0.15, 0.2) is 118 Å². The van der Waals surface area contributed by atoms with Gasteiger partial charge in [0.1, 0.15) is 15.9 Å². The molecular weight excluding hydrogens is 999 g/mol. The molecule has 2 N–H and O–H groups in total. The summed E-state index contributed by atoms with van der Waals surface area (Å²) < 4.78 is 68.3. The number of ether oxygens (including phenoxy) is 2. The molecule has 0 amide bonds. The highest BCUT2D eigenvalue weighted by atomic mass is 35.5. The van der Waals surface area contributed by atoms with Crippen LogP contribution in [-0.2, 0) is 38.5 Å². The van der Waals surface area contributed by atoms with Crippen molar-refractivity contribution in [2.24, 2.45) is 0 Å². The number of hydrogen-bond donors (Lipinski definition) is 2. The van der Waals surface area contributed by atoms with Crippen LogP contribution in [0, 0.1) is 0 Å². The third kappa shape index (κ3) is 12.1. The van der Waals surface area contributed by atoms with Crippen LogP contribution < -0.4 is 16.1 Å². The number of sulfone groups is 2. The second kappa shape index (κ2) is 20.9. The molecular formula is C46H44BClN8O10S4. The molecule has 0 unspecified atom stereocenters. The fourth-order valence-corrected chi connectivity index (χ4v) is 9.36. The van der Waals surface area contributed by atoms with Crippen molar-refractivity contribution in [1.29, 1.82) is 0 Å². The SMILES string of the molecule is COC(=O)c1cccc(-c2nc(Nc3cccc(S(C)(=O)=O)c3)c3ncsc3n2)c1.COC(=O)c1cccc(B2OC(C)(C)C(C)(C)O2)c1.CS(=O)(=O)c1cccc(Nc2nc(Cl)nc3scnc23)c1. The lowest BCUT2D eigenvalue weighted by atomic mass is 9.78. The third-order valence-corrected chi connectivity index (χ3v) is 14.6. The molecule has 0 atom stereocenters. The van der Waals surface area contributed by atoms with Crippen molar-refractivity contribution < 1.29 is 45.2 Å². The van der Waals surface area contributed by atoms with E-state index in [0.717, 1.165) is 18.0 Å². The Morgan fingerprint density at radius 2 is 1.10 bits per heavy atom. The number of esters is 2. The topological polar surface area (TPSA) is 241 Å². The van der Waals surface area contributed by atoms with Gasteiger partial charge in [0.05, 0.1) is 57.4 Å². The Hall–Kier alpha value is -6.47. The zero-order chi connectivity index (χ0) is 50.6. The largest absolute Gasteiger partial charge is 0.494 e. The summed E-state index contributed by atoms with van der Waals surface area (Å²) in [5.41, 5.74) is 7.17. The number of carbonyl (C=O) groups is 2. The molecule has 24 heteroatoms. The van der Waals surface area contributed by atoms with E-state index in [0.29, 0.717) is 66.2 Å². The van der Waals surface area contributed by atoms with Gasteiger partial charge in [0.15, 0.2) is 42.0 Å². The number of hydrogen-bond acceptors (Lipinski definition) is 20. The van der Waals surface area contributed by atoms with Crippen LogP contribution in [0.2, 0.25) is 5.28 Å². The highest BCUT2D eigenvalue weighted by Gasteiger charge is 2.51. The predicted octanol–water partition coefficient (Wildman–Crippen LogP) is 8.35. The first-order valence-electron chi connectivity index (χ1n) is 20.8. The van der Waals surface area contributed by atoms with Gasteiger partial charge in [-0.3, -0.25) is 0 Å². The maximum atomic E-state index is 11.9. The zero-order valence-electron chi connectivity index (χ0n) is 38.7. The molecule has 9 rings (SSSR count). The summed E-state index contributed by atoms with van der Waals surface area (Å²) in [6.07, 6.45) is 2.31. The molecule has 0 spiro atoms. The summed E-state index contributed by atoms with van der Waals surface area (Å²) in [6.45, 7) is 7.99. The molecule has 8 aromatic rings. The second-order valence-corrected chi connectivity index (χ2v) is 22.4. The summed E-state index contributed by atoms with van der Waals surface area (Å²) in [5.74, 6) is 0.464. The van der Waals surface area contributed by atoms with Crippen molar-refractivity contribution in [3.63, 3.8) is 0 Å². The van der Waals surface area contributed by atoms with Crippen molar-refractivity contribution in [3.05, 3.63) is 124 Å². The minimum Gasteiger partial charge on any atom is -0.465 e. The molecule has 1 aliphatic heterocycles. The lowest BCUT2D eigenvalue weighted by molar-refractivity contribution is 0.00578. The zero-order valence-corrected chi connectivity index (χ0v) is 42.8. The highest BCUT2D eigenvalue weighted by molar-refractivity contribution is 7.91. The Morgan fingerprint density at radius 3 is 1.61 bits per heavy atom. The lowest BCUT2D eigenvalue weighted by Gasteiger charge is -2.32. The van der Waals surface area contributed by atoms with Gasteiger partial charge >= 0.3 is 19.1 Å². The van der Waals surface area contributed by atoms with Crippen molar-refractivity contribution >= 4 is 122 Å². The van der Waals surface area contributed by atoms with E-state index in [-0.39, 0.29) is 32.2 Å². The van der Waals surface area contributed by atoms with Crippen LogP contribution in [0.25, 0.3) is 32.1 Å². The summed E-state index contributed by atoms with van der Waals surface area (Å²) in [6, 6.07) is 26.9. The fraction of sp³-hybridized carbons (Fsp3) is 0.217. The van der Waals surface area contributed by atoms with E-state index in [2.05, 4.69) is 40.5 Å². The number of halogens is 1. The van der Waals surface area contributed by atoms with E-state index in [4.69, 9.17) is 30.4 Å². The average molecular weight is 1040 g/mol. The summed E-state index contributed by atoms with van der Waals surface area (Å²) in [4.78, 5) is 50.9. The molecule has 0 bridgehead atoms. The normalized spacial score (nSPS) is 13.9. The van der Waals surface area contributed by atoms with Crippen LogP contribution >= 0.6 is 34.3 Å². The highest BCUT2D eigenvalue weighted by Crippen LogP contribution is 2.37. The molecule has 5 heterocycles. The summed E-state index contributed by atoms with van der Waals surface area (Å²) >= 11 is 8.58. The Morgan fingerprint density at radius 1 is 0.629 bits per heavy atom. The molecule has 0 saturated carbocycles. The van der Waals surface area contributed by atoms with Gasteiger partial charge in [0.25, 0.3) is 0 Å². The van der Waals surface area contributed by atoms with E-state index in [1.807, 2.05) is 33.8 Å². The number of nitrogens with one attached hydrogen (secondary N) is 2. The standard InChI is InChI=1S/C20H16N4O4S2.C14H19BO4.C12H9ClN4O2S2/c1-28-20(25)13-6-3-5-12(9-13)17-23-18(16-19(24-17)29-11-21-16)22-14-7-4-8-15(10-14)30(2,26)27;1-13(2)14(3,4)19-15(18-13)11-8-6-7-10(9-11)12(16)17-5;1-21(18,19)8-4-2-3-7(5-8)15-10-9-11(20-6-14-9)17-12(13)16-10/h3-11H,1-2H3,(H,22,23,24);6-9H,1-5H3;2-6H,1H3,(H,15,16,17). The first-order valence-corrected chi connectivity index (χ1v) is 26.7. The van der Waals surface area contributed by atoms with Crippen LogP contribution in [0.3, 0.4) is 0 Å². The van der Waals surface area contributed by atoms with Crippen LogP contribution in [0.1, 0.15) is 48.4 Å². The number of carbonyl (C=O) groups excluding carboxylic acids is 2. The van der Waals surface area contributed by atoms with Gasteiger partial charge in [-0.25, -0.2) is 51.3 Å². The molecule has 0 aliphatic carbocycles. The van der Waals surface area contributed by atoms with Crippen molar-refractivity contribution in [3.8, 4) is 11.4 Å². The quantitative estimate of drug-likeness (QED) is 0.0743. The van der Waals surface area contributed by atoms with Gasteiger partial charge in [0, 0.05) is 29.4 Å². The third-order valence-electron chi connectivity index (χ3n) is 10.8. The smallest absolute Gasteiger partial charge is 0.465 e. The Labute approximate surface area is 416 Å². The molecule has 70 heavy (non-hydrogen) atoms. The molecule has 1 saturated heterocycles. The van der Waals surface area contributed by atoms with Crippen molar-refractivity contribution in [1.82, 2.24) is 29.9 Å². The lowest BCUT2D eigenvalue weighted by Crippen LogP contribution is -2.41. The molecule has 4 aromatic heterocycles. The van der Waals surface area contributed by atoms with Crippen LogP contribution in [0.4, 0.5) is 23.0 Å². The number of fused-ring (bicyclic) bond motifs is 2. The summed E-state index contributed by atoms with van der Waals surface area (Å²) in [5, 5.41) is 6.28. The minimum absolute atomic E-state index is 0.105.